The van der Waals surface area contributed by atoms with Crippen molar-refractivity contribution in [2.24, 2.45) is 0 Å². The molecule has 1 aromatic carbocycles. The third kappa shape index (κ3) is 4.73. The summed E-state index contributed by atoms with van der Waals surface area (Å²) in [6.07, 6.45) is 4.65. The fraction of sp³-hybridized carbons (Fsp3) is 0.529. The second kappa shape index (κ2) is 8.02. The Labute approximate surface area is 125 Å². The topological polar surface area (TPSA) is 32.7 Å². The van der Waals surface area contributed by atoms with Gasteiger partial charge in [-0.05, 0) is 45.0 Å². The van der Waals surface area contributed by atoms with Crippen LogP contribution in [0.4, 0.5) is 4.39 Å². The molecule has 1 aliphatic heterocycles. The Kier molecular flexibility index (Phi) is 6.04. The van der Waals surface area contributed by atoms with Gasteiger partial charge in [-0.25, -0.2) is 4.39 Å². The number of likely N-dealkylation sites (tertiary alicyclic amines) is 1. The van der Waals surface area contributed by atoms with E-state index in [4.69, 9.17) is 9.84 Å². The number of rotatable bonds is 4. The maximum Gasteiger partial charge on any atom is 0.137 e. The molecule has 0 amide bonds. The van der Waals surface area contributed by atoms with E-state index >= 15 is 0 Å². The number of halogens is 1. The van der Waals surface area contributed by atoms with Crippen LogP contribution in [0.25, 0.3) is 0 Å². The minimum atomic E-state index is -0.339. The quantitative estimate of drug-likeness (QED) is 0.865. The highest BCUT2D eigenvalue weighted by Gasteiger charge is 2.18. The summed E-state index contributed by atoms with van der Waals surface area (Å²) in [7, 11) is 2.14. The molecule has 2 rings (SSSR count). The van der Waals surface area contributed by atoms with E-state index in [0.717, 1.165) is 13.0 Å². The molecule has 1 fully saturated rings. The van der Waals surface area contributed by atoms with Gasteiger partial charge in [-0.1, -0.05) is 18.3 Å². The zero-order valence-corrected chi connectivity index (χ0v) is 12.4. The van der Waals surface area contributed by atoms with Crippen molar-refractivity contribution in [1.29, 1.82) is 0 Å². The van der Waals surface area contributed by atoms with Gasteiger partial charge in [0.05, 0.1) is 12.2 Å². The molecule has 1 unspecified atom stereocenters. The predicted molar refractivity (Wildman–Crippen MR) is 80.7 cm³/mol. The number of piperidine rings is 1. The number of hydrogen-bond donors (Lipinski definition) is 1. The lowest BCUT2D eigenvalue weighted by Gasteiger charge is -2.32. The average molecular weight is 291 g/mol. The molecule has 0 radical (unpaired) electrons. The molecule has 1 heterocycles. The Morgan fingerprint density at radius 2 is 2.29 bits per heavy atom. The fourth-order valence-corrected chi connectivity index (χ4v) is 2.67. The lowest BCUT2D eigenvalue weighted by atomic mass is 10.0. The average Bonchev–Trinajstić information content (AvgIpc) is 2.48. The summed E-state index contributed by atoms with van der Waals surface area (Å²) in [6.45, 7) is 1.47. The first-order valence-corrected chi connectivity index (χ1v) is 7.43. The largest absolute Gasteiger partial charge is 0.492 e. The third-order valence-corrected chi connectivity index (χ3v) is 3.88. The van der Waals surface area contributed by atoms with Crippen molar-refractivity contribution in [3.05, 3.63) is 29.6 Å². The molecule has 114 valence electrons. The SMILES string of the molecule is CN1CCCCC1CCOc1cc(F)ccc1C#CCO. The second-order valence-corrected chi connectivity index (χ2v) is 5.37. The molecule has 0 spiro atoms. The molecular weight excluding hydrogens is 269 g/mol. The highest BCUT2D eigenvalue weighted by molar-refractivity contribution is 5.46. The van der Waals surface area contributed by atoms with Crippen molar-refractivity contribution < 1.29 is 14.2 Å². The Balaban J connectivity index is 1.94. The van der Waals surface area contributed by atoms with E-state index in [1.807, 2.05) is 0 Å². The van der Waals surface area contributed by atoms with Gasteiger partial charge in [-0.2, -0.15) is 0 Å². The van der Waals surface area contributed by atoms with Crippen LogP contribution in [0.5, 0.6) is 5.75 Å². The smallest absolute Gasteiger partial charge is 0.137 e. The van der Waals surface area contributed by atoms with Gasteiger partial charge in [0.2, 0.25) is 0 Å². The van der Waals surface area contributed by atoms with E-state index < -0.39 is 0 Å². The molecule has 1 aliphatic rings. The molecular formula is C17H22FNO2. The standard InChI is InChI=1S/C17H22FNO2/c1-19-10-3-2-6-16(19)9-12-21-17-13-15(18)8-7-14(17)5-4-11-20/h7-8,13,16,20H,2-3,6,9-12H2,1H3. The predicted octanol–water partition coefficient (Wildman–Crippen LogP) is 2.42. The maximum atomic E-state index is 13.3. The zero-order chi connectivity index (χ0) is 15.1. The van der Waals surface area contributed by atoms with Crippen molar-refractivity contribution in [1.82, 2.24) is 4.90 Å². The molecule has 0 aromatic heterocycles. The first kappa shape index (κ1) is 15.8. The van der Waals surface area contributed by atoms with Crippen molar-refractivity contribution in [2.45, 2.75) is 31.7 Å². The van der Waals surface area contributed by atoms with E-state index in [1.54, 1.807) is 6.07 Å². The van der Waals surface area contributed by atoms with Crippen molar-refractivity contribution >= 4 is 0 Å². The van der Waals surface area contributed by atoms with Crippen molar-refractivity contribution in [3.8, 4) is 17.6 Å². The number of aliphatic hydroxyl groups excluding tert-OH is 1. The number of aliphatic hydroxyl groups is 1. The summed E-state index contributed by atoms with van der Waals surface area (Å²) in [5.41, 5.74) is 0.613. The normalized spacial score (nSPS) is 18.9. The van der Waals surface area contributed by atoms with Gasteiger partial charge in [0.15, 0.2) is 0 Å². The van der Waals surface area contributed by atoms with Crippen LogP contribution in [-0.2, 0) is 0 Å². The van der Waals surface area contributed by atoms with E-state index in [9.17, 15) is 4.39 Å². The van der Waals surface area contributed by atoms with E-state index in [1.165, 1.54) is 31.4 Å². The molecule has 0 saturated carbocycles. The molecule has 0 bridgehead atoms. The van der Waals surface area contributed by atoms with E-state index in [-0.39, 0.29) is 12.4 Å². The molecule has 1 aromatic rings. The molecule has 4 heteroatoms. The highest BCUT2D eigenvalue weighted by Crippen LogP contribution is 2.21. The lowest BCUT2D eigenvalue weighted by Crippen LogP contribution is -2.37. The van der Waals surface area contributed by atoms with Crippen molar-refractivity contribution in [2.75, 3.05) is 26.8 Å². The van der Waals surface area contributed by atoms with Gasteiger partial charge in [0.25, 0.3) is 0 Å². The van der Waals surface area contributed by atoms with Gasteiger partial charge in [-0.3, -0.25) is 0 Å². The Morgan fingerprint density at radius 1 is 1.43 bits per heavy atom. The number of hydrogen-bond acceptors (Lipinski definition) is 3. The van der Waals surface area contributed by atoms with Gasteiger partial charge in [0.1, 0.15) is 18.2 Å². The highest BCUT2D eigenvalue weighted by atomic mass is 19.1. The maximum absolute atomic E-state index is 13.3. The molecule has 3 nitrogen and oxygen atoms in total. The van der Waals surface area contributed by atoms with Crippen LogP contribution in [0.3, 0.4) is 0 Å². The minimum Gasteiger partial charge on any atom is -0.492 e. The van der Waals surface area contributed by atoms with Crippen LogP contribution in [0.1, 0.15) is 31.2 Å². The number of ether oxygens (including phenoxy) is 1. The molecule has 1 saturated heterocycles. The summed E-state index contributed by atoms with van der Waals surface area (Å²) in [5, 5.41) is 8.75. The van der Waals surface area contributed by atoms with Crippen LogP contribution in [0, 0.1) is 17.7 Å². The minimum absolute atomic E-state index is 0.219. The summed E-state index contributed by atoms with van der Waals surface area (Å²) in [6, 6.07) is 4.83. The van der Waals surface area contributed by atoms with Crippen LogP contribution in [0.15, 0.2) is 18.2 Å². The molecule has 0 aliphatic carbocycles. The Morgan fingerprint density at radius 3 is 3.05 bits per heavy atom. The monoisotopic (exact) mass is 291 g/mol. The zero-order valence-electron chi connectivity index (χ0n) is 12.4. The van der Waals surface area contributed by atoms with E-state index in [2.05, 4.69) is 23.8 Å². The van der Waals surface area contributed by atoms with Crippen LogP contribution >= 0.6 is 0 Å². The van der Waals surface area contributed by atoms with Gasteiger partial charge < -0.3 is 14.7 Å². The lowest BCUT2D eigenvalue weighted by molar-refractivity contribution is 0.153. The first-order valence-electron chi connectivity index (χ1n) is 7.43. The first-order chi connectivity index (χ1) is 10.2. The Hall–Kier alpha value is -1.57. The summed E-state index contributed by atoms with van der Waals surface area (Å²) >= 11 is 0. The number of nitrogens with zero attached hydrogens (tertiary/aromatic N) is 1. The summed E-state index contributed by atoms with van der Waals surface area (Å²) < 4.78 is 19.0. The van der Waals surface area contributed by atoms with Gasteiger partial charge in [-0.15, -0.1) is 0 Å². The fourth-order valence-electron chi connectivity index (χ4n) is 2.67. The summed E-state index contributed by atoms with van der Waals surface area (Å²) in [5.74, 6) is 5.47. The second-order valence-electron chi connectivity index (χ2n) is 5.37. The van der Waals surface area contributed by atoms with Crippen molar-refractivity contribution in [3.63, 3.8) is 0 Å². The van der Waals surface area contributed by atoms with Crippen LogP contribution in [-0.4, -0.2) is 42.9 Å². The Bertz CT molecular complexity index is 521. The van der Waals surface area contributed by atoms with Crippen LogP contribution < -0.4 is 4.74 Å². The number of benzene rings is 1. The van der Waals surface area contributed by atoms with Gasteiger partial charge >= 0.3 is 0 Å². The van der Waals surface area contributed by atoms with Gasteiger partial charge in [0, 0.05) is 12.1 Å². The van der Waals surface area contributed by atoms with Crippen LogP contribution in [0.2, 0.25) is 0 Å². The van der Waals surface area contributed by atoms with E-state index in [0.29, 0.717) is 24.0 Å². The molecule has 1 atom stereocenters. The summed E-state index contributed by atoms with van der Waals surface area (Å²) in [4.78, 5) is 2.37. The third-order valence-electron chi connectivity index (χ3n) is 3.88. The molecule has 1 N–H and O–H groups in total. The molecule has 21 heavy (non-hydrogen) atoms.